The lowest BCUT2D eigenvalue weighted by molar-refractivity contribution is 0.282. The van der Waals surface area contributed by atoms with Crippen LogP contribution in [-0.4, -0.2) is 13.3 Å². The third kappa shape index (κ3) is 5.48. The molecule has 3 rings (SSSR count). The average molecular weight is 497 g/mol. The van der Waals surface area contributed by atoms with Gasteiger partial charge in [0, 0.05) is 10.6 Å². The van der Waals surface area contributed by atoms with Gasteiger partial charge >= 0.3 is 0 Å². The van der Waals surface area contributed by atoms with E-state index in [0.717, 1.165) is 11.8 Å². The van der Waals surface area contributed by atoms with Crippen LogP contribution < -0.4 is 14.9 Å². The van der Waals surface area contributed by atoms with Gasteiger partial charge in [0.05, 0.1) is 13.3 Å². The van der Waals surface area contributed by atoms with Crippen LogP contribution >= 0.6 is 11.6 Å². The summed E-state index contributed by atoms with van der Waals surface area (Å²) in [6.07, 6.45) is 3.16. The highest BCUT2D eigenvalue weighted by Gasteiger charge is 2.25. The van der Waals surface area contributed by atoms with Crippen molar-refractivity contribution in [3.05, 3.63) is 99.9 Å². The predicted molar refractivity (Wildman–Crippen MR) is 120 cm³/mol. The number of methoxy groups -OCH3 is 1. The van der Waals surface area contributed by atoms with Crippen molar-refractivity contribution in [3.8, 4) is 11.5 Å². The fourth-order valence-corrected chi connectivity index (χ4v) is 3.12. The van der Waals surface area contributed by atoms with Crippen LogP contribution in [-0.2, 0) is 13.0 Å². The molecule has 34 heavy (non-hydrogen) atoms. The maximum atomic E-state index is 13.8. The summed E-state index contributed by atoms with van der Waals surface area (Å²) in [7, 11) is 1.43. The second kappa shape index (κ2) is 11.0. The number of anilines is 1. The average Bonchev–Trinajstić information content (AvgIpc) is 2.84. The maximum absolute atomic E-state index is 13.8. The lowest BCUT2D eigenvalue weighted by atomic mass is 10.1. The molecule has 0 heterocycles. The molecule has 0 atom stereocenters. The van der Waals surface area contributed by atoms with Crippen LogP contribution in [0.1, 0.15) is 16.7 Å². The minimum absolute atomic E-state index is 0.229. The van der Waals surface area contributed by atoms with Gasteiger partial charge in [-0.2, -0.15) is 5.10 Å². The van der Waals surface area contributed by atoms with E-state index in [4.69, 9.17) is 21.1 Å². The van der Waals surface area contributed by atoms with Crippen molar-refractivity contribution in [1.82, 2.24) is 0 Å². The minimum atomic E-state index is -2.25. The molecule has 178 valence electrons. The standard InChI is InChI=1S/C24H18ClF5N2O2/c1-3-4-15-9-14(11-31-32-23-21(29)19(27)18(26)20(28)22(23)30)10-17(33-2)24(15)34-12-13-5-7-16(25)8-6-13/h3,5-11,32H,1,4,12H2,2H3/b31-11-. The number of ether oxygens (including phenoxy) is 2. The molecule has 0 saturated carbocycles. The molecular formula is C24H18ClF5N2O2. The summed E-state index contributed by atoms with van der Waals surface area (Å²) in [5.74, 6) is -9.66. The molecule has 1 N–H and O–H groups in total. The van der Waals surface area contributed by atoms with Crippen LogP contribution in [0.3, 0.4) is 0 Å². The van der Waals surface area contributed by atoms with Gasteiger partial charge < -0.3 is 9.47 Å². The highest BCUT2D eigenvalue weighted by atomic mass is 35.5. The number of hydrazone groups is 1. The molecule has 0 aliphatic rings. The molecular weight excluding hydrogens is 479 g/mol. The first-order chi connectivity index (χ1) is 16.3. The molecule has 0 radical (unpaired) electrons. The Labute approximate surface area is 197 Å². The first-order valence-corrected chi connectivity index (χ1v) is 10.1. The number of halogens is 6. The monoisotopic (exact) mass is 496 g/mol. The van der Waals surface area contributed by atoms with E-state index in [0.29, 0.717) is 34.1 Å². The molecule has 0 fully saturated rings. The number of hydrogen-bond donors (Lipinski definition) is 1. The third-order valence-electron chi connectivity index (χ3n) is 4.63. The quantitative estimate of drug-likeness (QED) is 0.0885. The molecule has 0 saturated heterocycles. The Hall–Kier alpha value is -3.59. The second-order valence-electron chi connectivity index (χ2n) is 6.93. The largest absolute Gasteiger partial charge is 0.493 e. The van der Waals surface area contributed by atoms with E-state index >= 15 is 0 Å². The fraction of sp³-hybridized carbons (Fsp3) is 0.125. The lowest BCUT2D eigenvalue weighted by Crippen LogP contribution is -2.07. The SMILES string of the molecule is C=CCc1cc(/C=N\Nc2c(F)c(F)c(F)c(F)c2F)cc(OC)c1OCc1ccc(Cl)cc1. The van der Waals surface area contributed by atoms with Crippen molar-refractivity contribution < 1.29 is 31.4 Å². The molecule has 0 unspecified atom stereocenters. The Morgan fingerprint density at radius 1 is 0.971 bits per heavy atom. The van der Waals surface area contributed by atoms with E-state index in [1.807, 2.05) is 17.6 Å². The number of allylic oxidation sites excluding steroid dienone is 1. The number of rotatable bonds is 9. The van der Waals surface area contributed by atoms with Crippen LogP contribution in [0.15, 0.2) is 54.2 Å². The Bertz CT molecular complexity index is 1200. The van der Waals surface area contributed by atoms with Gasteiger partial charge in [0.15, 0.2) is 34.8 Å². The maximum Gasteiger partial charge on any atom is 0.200 e. The molecule has 0 aliphatic carbocycles. The van der Waals surface area contributed by atoms with Crippen molar-refractivity contribution in [2.45, 2.75) is 13.0 Å². The smallest absolute Gasteiger partial charge is 0.200 e. The Balaban J connectivity index is 1.87. The van der Waals surface area contributed by atoms with Crippen LogP contribution in [0.2, 0.25) is 5.02 Å². The highest BCUT2D eigenvalue weighted by Crippen LogP contribution is 2.34. The van der Waals surface area contributed by atoms with E-state index in [1.54, 1.807) is 24.3 Å². The van der Waals surface area contributed by atoms with Gasteiger partial charge in [-0.25, -0.2) is 22.0 Å². The van der Waals surface area contributed by atoms with E-state index < -0.39 is 34.8 Å². The van der Waals surface area contributed by atoms with Gasteiger partial charge in [0.25, 0.3) is 0 Å². The fourth-order valence-electron chi connectivity index (χ4n) is 2.99. The molecule has 0 spiro atoms. The van der Waals surface area contributed by atoms with E-state index in [2.05, 4.69) is 11.7 Å². The summed E-state index contributed by atoms with van der Waals surface area (Å²) in [5.41, 5.74) is 2.54. The zero-order valence-corrected chi connectivity index (χ0v) is 18.5. The third-order valence-corrected chi connectivity index (χ3v) is 4.89. The molecule has 3 aromatic rings. The minimum Gasteiger partial charge on any atom is -0.493 e. The number of nitrogens with one attached hydrogen (secondary N) is 1. The number of benzene rings is 3. The van der Waals surface area contributed by atoms with Crippen LogP contribution in [0.4, 0.5) is 27.6 Å². The number of nitrogens with zero attached hydrogens (tertiary/aromatic N) is 1. The van der Waals surface area contributed by atoms with Crippen molar-refractivity contribution in [2.75, 3.05) is 12.5 Å². The summed E-state index contributed by atoms with van der Waals surface area (Å²) in [6, 6.07) is 10.3. The summed E-state index contributed by atoms with van der Waals surface area (Å²) < 4.78 is 78.8. The zero-order chi connectivity index (χ0) is 24.8. The van der Waals surface area contributed by atoms with Crippen molar-refractivity contribution in [3.63, 3.8) is 0 Å². The van der Waals surface area contributed by atoms with Gasteiger partial charge in [0.1, 0.15) is 12.3 Å². The van der Waals surface area contributed by atoms with Crippen molar-refractivity contribution >= 4 is 23.5 Å². The lowest BCUT2D eigenvalue weighted by Gasteiger charge is -2.16. The van der Waals surface area contributed by atoms with Crippen molar-refractivity contribution in [1.29, 1.82) is 0 Å². The number of hydrogen-bond acceptors (Lipinski definition) is 4. The second-order valence-corrected chi connectivity index (χ2v) is 7.37. The molecule has 0 aliphatic heterocycles. The van der Waals surface area contributed by atoms with E-state index in [1.165, 1.54) is 13.2 Å². The summed E-state index contributed by atoms with van der Waals surface area (Å²) in [6.45, 7) is 3.94. The topological polar surface area (TPSA) is 42.9 Å². The Kier molecular flexibility index (Phi) is 8.12. The predicted octanol–water partition coefficient (Wildman–Crippen LogP) is 6.80. The van der Waals surface area contributed by atoms with Gasteiger partial charge in [-0.15, -0.1) is 6.58 Å². The van der Waals surface area contributed by atoms with Gasteiger partial charge in [-0.1, -0.05) is 29.8 Å². The summed E-state index contributed by atoms with van der Waals surface area (Å²) in [5, 5.41) is 4.20. The first-order valence-electron chi connectivity index (χ1n) is 9.76. The molecule has 0 amide bonds. The van der Waals surface area contributed by atoms with E-state index in [9.17, 15) is 22.0 Å². The van der Waals surface area contributed by atoms with Gasteiger partial charge in [-0.05, 0) is 41.8 Å². The highest BCUT2D eigenvalue weighted by molar-refractivity contribution is 6.30. The molecule has 3 aromatic carbocycles. The van der Waals surface area contributed by atoms with Gasteiger partial charge in [-0.3, -0.25) is 5.43 Å². The van der Waals surface area contributed by atoms with E-state index in [-0.39, 0.29) is 6.61 Å². The normalized spacial score (nSPS) is 11.0. The first kappa shape index (κ1) is 25.0. The molecule has 0 aromatic heterocycles. The molecule has 4 nitrogen and oxygen atoms in total. The zero-order valence-electron chi connectivity index (χ0n) is 17.8. The Morgan fingerprint density at radius 3 is 2.18 bits per heavy atom. The van der Waals surface area contributed by atoms with Gasteiger partial charge in [0.2, 0.25) is 5.82 Å². The van der Waals surface area contributed by atoms with Crippen LogP contribution in [0.25, 0.3) is 0 Å². The van der Waals surface area contributed by atoms with Crippen LogP contribution in [0.5, 0.6) is 11.5 Å². The summed E-state index contributed by atoms with van der Waals surface area (Å²) in [4.78, 5) is 0. The van der Waals surface area contributed by atoms with Crippen molar-refractivity contribution in [2.24, 2.45) is 5.10 Å². The Morgan fingerprint density at radius 2 is 1.59 bits per heavy atom. The molecule has 10 heteroatoms. The molecule has 0 bridgehead atoms. The van der Waals surface area contributed by atoms with Crippen LogP contribution in [0, 0.1) is 29.1 Å². The summed E-state index contributed by atoms with van der Waals surface area (Å²) >= 11 is 5.90.